The molecule has 2 aromatic rings. The van der Waals surface area contributed by atoms with E-state index in [9.17, 15) is 14.9 Å². The Morgan fingerprint density at radius 3 is 2.53 bits per heavy atom. The first kappa shape index (κ1) is 19.5. The molecule has 0 atom stereocenters. The zero-order valence-corrected chi connectivity index (χ0v) is 17.6. The van der Waals surface area contributed by atoms with Gasteiger partial charge in [-0.2, -0.15) is 0 Å². The van der Waals surface area contributed by atoms with Gasteiger partial charge < -0.3 is 9.73 Å². The minimum atomic E-state index is -0.454. The van der Waals surface area contributed by atoms with Crippen LogP contribution in [0.1, 0.15) is 50.0 Å². The predicted octanol–water partition coefficient (Wildman–Crippen LogP) is 4.48. The lowest BCUT2D eigenvalue weighted by molar-refractivity contribution is -0.385. The molecule has 1 aromatic heterocycles. The number of carbonyl (C=O) groups excluding carboxylic acids is 1. The van der Waals surface area contributed by atoms with Crippen molar-refractivity contribution in [3.05, 3.63) is 39.8 Å². The first-order valence-electron chi connectivity index (χ1n) is 10.4. The van der Waals surface area contributed by atoms with Crippen LogP contribution in [0.2, 0.25) is 0 Å². The van der Waals surface area contributed by atoms with E-state index in [1.165, 1.54) is 37.1 Å². The fraction of sp³-hybridized carbons (Fsp3) is 0.571. The van der Waals surface area contributed by atoms with Crippen molar-refractivity contribution in [2.75, 3.05) is 11.1 Å². The number of hydrogen-bond acceptors (Lipinski definition) is 7. The summed E-state index contributed by atoms with van der Waals surface area (Å²) < 4.78 is 6.01. The van der Waals surface area contributed by atoms with Crippen LogP contribution in [-0.4, -0.2) is 26.8 Å². The second kappa shape index (κ2) is 7.37. The summed E-state index contributed by atoms with van der Waals surface area (Å²) in [5.41, 5.74) is 0.981. The maximum absolute atomic E-state index is 12.3. The SMILES string of the molecule is Cc1ccc(NC(=O)CSc2nnc(C34CC5CC(CC(C5)C3)C4)o2)cc1[N+](=O)[O-]. The molecule has 4 bridgehead atoms. The number of aryl methyl sites for hydroxylation is 1. The van der Waals surface area contributed by atoms with Gasteiger partial charge in [0.15, 0.2) is 0 Å². The van der Waals surface area contributed by atoms with Gasteiger partial charge in [0.2, 0.25) is 11.8 Å². The van der Waals surface area contributed by atoms with Crippen molar-refractivity contribution >= 4 is 29.0 Å². The highest BCUT2D eigenvalue weighted by Crippen LogP contribution is 2.60. The quantitative estimate of drug-likeness (QED) is 0.410. The van der Waals surface area contributed by atoms with Crippen LogP contribution < -0.4 is 5.32 Å². The van der Waals surface area contributed by atoms with Crippen LogP contribution in [0.3, 0.4) is 0 Å². The Kier molecular flexibility index (Phi) is 4.80. The number of amides is 1. The highest BCUT2D eigenvalue weighted by molar-refractivity contribution is 7.99. The smallest absolute Gasteiger partial charge is 0.277 e. The summed E-state index contributed by atoms with van der Waals surface area (Å²) >= 11 is 1.20. The maximum atomic E-state index is 12.3. The first-order valence-corrected chi connectivity index (χ1v) is 11.4. The summed E-state index contributed by atoms with van der Waals surface area (Å²) in [5, 5.41) is 22.7. The predicted molar refractivity (Wildman–Crippen MR) is 111 cm³/mol. The van der Waals surface area contributed by atoms with Gasteiger partial charge >= 0.3 is 0 Å². The lowest BCUT2D eigenvalue weighted by Gasteiger charge is -2.55. The van der Waals surface area contributed by atoms with E-state index in [1.807, 2.05) is 0 Å². The number of rotatable bonds is 6. The van der Waals surface area contributed by atoms with Gasteiger partial charge in [-0.15, -0.1) is 10.2 Å². The van der Waals surface area contributed by atoms with Gasteiger partial charge in [0.1, 0.15) is 0 Å². The number of nitrogens with one attached hydrogen (secondary N) is 1. The normalized spacial score (nSPS) is 29.2. The van der Waals surface area contributed by atoms with Crippen molar-refractivity contribution in [3.63, 3.8) is 0 Å². The average Bonchev–Trinajstić information content (AvgIpc) is 3.17. The fourth-order valence-electron chi connectivity index (χ4n) is 6.06. The molecule has 1 N–H and O–H groups in total. The highest BCUT2D eigenvalue weighted by atomic mass is 32.2. The van der Waals surface area contributed by atoms with E-state index in [4.69, 9.17) is 4.42 Å². The van der Waals surface area contributed by atoms with Crippen molar-refractivity contribution in [1.82, 2.24) is 10.2 Å². The first-order chi connectivity index (χ1) is 14.4. The van der Waals surface area contributed by atoms with Gasteiger partial charge in [-0.1, -0.05) is 17.8 Å². The number of aromatic nitrogens is 2. The molecule has 0 aliphatic heterocycles. The van der Waals surface area contributed by atoms with Crippen molar-refractivity contribution in [1.29, 1.82) is 0 Å². The molecule has 30 heavy (non-hydrogen) atoms. The zero-order chi connectivity index (χ0) is 20.9. The van der Waals surface area contributed by atoms with Crippen LogP contribution in [-0.2, 0) is 10.2 Å². The van der Waals surface area contributed by atoms with E-state index in [2.05, 4.69) is 15.5 Å². The number of benzene rings is 1. The van der Waals surface area contributed by atoms with E-state index in [0.717, 1.165) is 42.9 Å². The van der Waals surface area contributed by atoms with Gasteiger partial charge in [-0.3, -0.25) is 14.9 Å². The third-order valence-corrected chi connectivity index (χ3v) is 7.73. The Bertz CT molecular complexity index is 969. The lowest BCUT2D eigenvalue weighted by Crippen LogP contribution is -2.48. The standard InChI is InChI=1S/C21H24N4O4S/c1-12-2-3-16(7-17(12)25(27)28)22-18(26)11-30-20-24-23-19(29-20)21-8-13-4-14(9-21)6-15(5-13)10-21/h2-3,7,13-15H,4-6,8-11H2,1H3,(H,22,26). The van der Waals surface area contributed by atoms with Gasteiger partial charge in [0.25, 0.3) is 10.9 Å². The van der Waals surface area contributed by atoms with E-state index in [1.54, 1.807) is 19.1 Å². The molecule has 1 aromatic carbocycles. The van der Waals surface area contributed by atoms with Crippen molar-refractivity contribution in [3.8, 4) is 0 Å². The molecular formula is C21H24N4O4S. The second-order valence-corrected chi connectivity index (χ2v) is 10.1. The number of carbonyl (C=O) groups is 1. The largest absolute Gasteiger partial charge is 0.415 e. The van der Waals surface area contributed by atoms with Crippen LogP contribution in [0.25, 0.3) is 0 Å². The molecule has 0 saturated heterocycles. The van der Waals surface area contributed by atoms with Gasteiger partial charge in [-0.25, -0.2) is 0 Å². The molecule has 9 heteroatoms. The summed E-state index contributed by atoms with van der Waals surface area (Å²) in [6, 6.07) is 4.65. The molecule has 0 radical (unpaired) electrons. The maximum Gasteiger partial charge on any atom is 0.277 e. The summed E-state index contributed by atoms with van der Waals surface area (Å²) in [6.07, 6.45) is 7.51. The molecule has 4 aliphatic carbocycles. The Hall–Kier alpha value is -2.42. The van der Waals surface area contributed by atoms with Gasteiger partial charge in [0.05, 0.1) is 10.7 Å². The lowest BCUT2D eigenvalue weighted by atomic mass is 9.49. The third kappa shape index (κ3) is 3.59. The molecular weight excluding hydrogens is 404 g/mol. The number of nitrogens with zero attached hydrogens (tertiary/aromatic N) is 3. The summed E-state index contributed by atoms with van der Waals surface area (Å²) in [5.74, 6) is 2.96. The number of hydrogen-bond donors (Lipinski definition) is 1. The number of thioether (sulfide) groups is 1. The Morgan fingerprint density at radius 1 is 1.23 bits per heavy atom. The number of anilines is 1. The van der Waals surface area contributed by atoms with E-state index in [0.29, 0.717) is 16.5 Å². The second-order valence-electron chi connectivity index (χ2n) is 9.17. The highest BCUT2D eigenvalue weighted by Gasteiger charge is 2.54. The minimum Gasteiger partial charge on any atom is -0.415 e. The van der Waals surface area contributed by atoms with Crippen LogP contribution in [0, 0.1) is 34.8 Å². The monoisotopic (exact) mass is 428 g/mol. The third-order valence-electron chi connectivity index (χ3n) is 6.91. The van der Waals surface area contributed by atoms with Gasteiger partial charge in [-0.05, 0) is 69.3 Å². The van der Waals surface area contributed by atoms with Crippen LogP contribution in [0.15, 0.2) is 27.8 Å². The van der Waals surface area contributed by atoms with Crippen LogP contribution >= 0.6 is 11.8 Å². The van der Waals surface area contributed by atoms with Gasteiger partial charge in [0, 0.05) is 22.7 Å². The molecule has 0 unspecified atom stereocenters. The van der Waals surface area contributed by atoms with E-state index >= 15 is 0 Å². The minimum absolute atomic E-state index is 0.0161. The molecule has 4 fully saturated rings. The van der Waals surface area contributed by atoms with Crippen molar-refractivity contribution in [2.45, 2.75) is 56.1 Å². The molecule has 158 valence electrons. The number of nitro groups is 1. The van der Waals surface area contributed by atoms with E-state index in [-0.39, 0.29) is 22.8 Å². The summed E-state index contributed by atoms with van der Waals surface area (Å²) in [6.45, 7) is 1.66. The van der Waals surface area contributed by atoms with E-state index < -0.39 is 4.92 Å². The average molecular weight is 429 g/mol. The van der Waals surface area contributed by atoms with Crippen LogP contribution in [0.5, 0.6) is 0 Å². The Labute approximate surface area is 178 Å². The molecule has 4 saturated carbocycles. The Balaban J connectivity index is 1.21. The Morgan fingerprint density at radius 2 is 1.90 bits per heavy atom. The molecule has 6 rings (SSSR count). The van der Waals surface area contributed by atoms with Crippen molar-refractivity contribution < 1.29 is 14.1 Å². The number of nitro benzene ring substituents is 1. The van der Waals surface area contributed by atoms with Crippen molar-refractivity contribution in [2.24, 2.45) is 17.8 Å². The molecule has 1 heterocycles. The van der Waals surface area contributed by atoms with Crippen LogP contribution in [0.4, 0.5) is 11.4 Å². The molecule has 1 amide bonds. The molecule has 8 nitrogen and oxygen atoms in total. The summed E-state index contributed by atoms with van der Waals surface area (Å²) in [7, 11) is 0. The fourth-order valence-corrected chi connectivity index (χ4v) is 6.63. The zero-order valence-electron chi connectivity index (χ0n) is 16.8. The summed E-state index contributed by atoms with van der Waals surface area (Å²) in [4.78, 5) is 22.9. The molecule has 4 aliphatic rings. The molecule has 0 spiro atoms. The topological polar surface area (TPSA) is 111 Å².